The van der Waals surface area contributed by atoms with Crippen molar-refractivity contribution in [1.82, 2.24) is 19.5 Å². The van der Waals surface area contributed by atoms with Crippen LogP contribution in [0.25, 0.3) is 72.5 Å². The summed E-state index contributed by atoms with van der Waals surface area (Å²) >= 11 is 0. The van der Waals surface area contributed by atoms with E-state index in [4.69, 9.17) is 9.97 Å². The van der Waals surface area contributed by atoms with Crippen molar-refractivity contribution in [1.29, 1.82) is 0 Å². The predicted octanol–water partition coefficient (Wildman–Crippen LogP) is 12.3. The van der Waals surface area contributed by atoms with Crippen LogP contribution in [0.4, 0.5) is 0 Å². The van der Waals surface area contributed by atoms with Crippen molar-refractivity contribution >= 4 is 21.8 Å². The summed E-state index contributed by atoms with van der Waals surface area (Å²) in [4.78, 5) is 15.2. The summed E-state index contributed by atoms with van der Waals surface area (Å²) in [5.41, 5.74) is 14.2. The summed E-state index contributed by atoms with van der Waals surface area (Å²) < 4.78 is 2.33. The van der Waals surface area contributed by atoms with Crippen molar-refractivity contribution in [2.75, 3.05) is 0 Å². The molecule has 0 saturated heterocycles. The normalized spacial score (nSPS) is 14.5. The van der Waals surface area contributed by atoms with E-state index in [0.29, 0.717) is 5.82 Å². The number of benzene rings is 7. The Kier molecular flexibility index (Phi) is 7.36. The molecule has 0 aliphatic heterocycles. The third-order valence-corrected chi connectivity index (χ3v) is 11.4. The van der Waals surface area contributed by atoms with Crippen LogP contribution in [0.5, 0.6) is 0 Å². The average molecular weight is 715 g/mol. The van der Waals surface area contributed by atoms with E-state index >= 15 is 0 Å². The highest BCUT2D eigenvalue weighted by Crippen LogP contribution is 2.58. The second-order valence-electron chi connectivity index (χ2n) is 14.4. The van der Waals surface area contributed by atoms with Crippen LogP contribution >= 0.6 is 0 Å². The molecule has 4 heteroatoms. The molecule has 262 valence electrons. The summed E-state index contributed by atoms with van der Waals surface area (Å²) in [6, 6.07) is 69.1. The van der Waals surface area contributed by atoms with Crippen LogP contribution < -0.4 is 0 Å². The van der Waals surface area contributed by atoms with Crippen LogP contribution in [0.1, 0.15) is 22.3 Å². The van der Waals surface area contributed by atoms with Gasteiger partial charge in [0.05, 0.1) is 22.1 Å². The first-order valence-electron chi connectivity index (χ1n) is 19.0. The minimum absolute atomic E-state index is 0.548. The molecule has 10 aromatic rings. The van der Waals surface area contributed by atoms with E-state index in [-0.39, 0.29) is 0 Å². The fourth-order valence-corrected chi connectivity index (χ4v) is 9.01. The first-order valence-corrected chi connectivity index (χ1v) is 19.0. The third-order valence-electron chi connectivity index (χ3n) is 11.4. The van der Waals surface area contributed by atoms with E-state index in [9.17, 15) is 0 Å². The summed E-state index contributed by atoms with van der Waals surface area (Å²) in [6.07, 6.45) is 3.89. The van der Waals surface area contributed by atoms with Gasteiger partial charge in [0.15, 0.2) is 5.82 Å². The molecule has 1 atom stereocenters. The molecule has 0 saturated carbocycles. The minimum atomic E-state index is -0.548. The van der Waals surface area contributed by atoms with Gasteiger partial charge in [-0.25, -0.2) is 9.97 Å². The number of hydrogen-bond donors (Lipinski definition) is 0. The fourth-order valence-electron chi connectivity index (χ4n) is 9.01. The van der Waals surface area contributed by atoms with Gasteiger partial charge in [-0.15, -0.1) is 0 Å². The zero-order valence-electron chi connectivity index (χ0n) is 30.4. The summed E-state index contributed by atoms with van der Waals surface area (Å²) in [6.45, 7) is 0. The lowest BCUT2D eigenvalue weighted by Crippen LogP contribution is -2.28. The van der Waals surface area contributed by atoms with Gasteiger partial charge in [0.25, 0.3) is 0 Å². The summed E-state index contributed by atoms with van der Waals surface area (Å²) in [5, 5.41) is 2.39. The second kappa shape index (κ2) is 12.9. The molecule has 0 bridgehead atoms. The Bertz CT molecular complexity index is 3010. The molecule has 0 amide bonds. The maximum Gasteiger partial charge on any atom is 0.162 e. The standard InChI is InChI=1S/C52H34N4/c1-4-15-35(16-5-1)36-26-28-37(29-27-36)45-33-48(55-51(54-45)38-17-6-2-7-18-38)56-46-25-13-11-23-42(46)50-47(56)31-30-44-49(50)41-22-10-12-24-43(41)52(44,39-19-8-3-9-20-39)40-21-14-32-53-34-40/h1-34H. The maximum atomic E-state index is 5.34. The Morgan fingerprint density at radius 2 is 1.09 bits per heavy atom. The van der Waals surface area contributed by atoms with Gasteiger partial charge < -0.3 is 0 Å². The predicted molar refractivity (Wildman–Crippen MR) is 228 cm³/mol. The topological polar surface area (TPSA) is 43.6 Å². The highest BCUT2D eigenvalue weighted by molar-refractivity contribution is 6.18. The monoisotopic (exact) mass is 714 g/mol. The largest absolute Gasteiger partial charge is 0.294 e. The first-order chi connectivity index (χ1) is 27.8. The van der Waals surface area contributed by atoms with Gasteiger partial charge in [0, 0.05) is 40.4 Å². The quantitative estimate of drug-likeness (QED) is 0.172. The van der Waals surface area contributed by atoms with E-state index in [1.807, 2.05) is 36.7 Å². The van der Waals surface area contributed by atoms with Crippen LogP contribution in [-0.2, 0) is 5.41 Å². The molecule has 7 aromatic carbocycles. The van der Waals surface area contributed by atoms with Gasteiger partial charge in [-0.3, -0.25) is 9.55 Å². The minimum Gasteiger partial charge on any atom is -0.294 e. The van der Waals surface area contributed by atoms with Crippen molar-refractivity contribution in [3.8, 4) is 50.7 Å². The Morgan fingerprint density at radius 3 is 1.86 bits per heavy atom. The van der Waals surface area contributed by atoms with Crippen LogP contribution in [0, 0.1) is 0 Å². The Hall–Kier alpha value is -7.43. The molecular formula is C52H34N4. The number of hydrogen-bond acceptors (Lipinski definition) is 3. The van der Waals surface area contributed by atoms with Crippen LogP contribution in [0.3, 0.4) is 0 Å². The molecule has 56 heavy (non-hydrogen) atoms. The number of rotatable bonds is 6. The van der Waals surface area contributed by atoms with Gasteiger partial charge in [-0.2, -0.15) is 0 Å². The third kappa shape index (κ3) is 4.83. The molecule has 11 rings (SSSR count). The zero-order chi connectivity index (χ0) is 37.1. The van der Waals surface area contributed by atoms with Gasteiger partial charge in [0.2, 0.25) is 0 Å². The van der Waals surface area contributed by atoms with E-state index in [1.54, 1.807) is 0 Å². The van der Waals surface area contributed by atoms with E-state index in [0.717, 1.165) is 39.2 Å². The van der Waals surface area contributed by atoms with Crippen molar-refractivity contribution in [2.24, 2.45) is 0 Å². The molecular weight excluding hydrogens is 681 g/mol. The molecule has 3 aromatic heterocycles. The molecule has 4 nitrogen and oxygen atoms in total. The fraction of sp³-hybridized carbons (Fsp3) is 0.0192. The number of nitrogens with zero attached hydrogens (tertiary/aromatic N) is 4. The maximum absolute atomic E-state index is 5.34. The van der Waals surface area contributed by atoms with Gasteiger partial charge in [0.1, 0.15) is 5.82 Å². The van der Waals surface area contributed by atoms with Crippen molar-refractivity contribution < 1.29 is 0 Å². The second-order valence-corrected chi connectivity index (χ2v) is 14.4. The van der Waals surface area contributed by atoms with Crippen LogP contribution in [-0.4, -0.2) is 19.5 Å². The van der Waals surface area contributed by atoms with Gasteiger partial charge in [-0.1, -0.05) is 170 Å². The molecule has 1 aliphatic rings. The molecule has 0 spiro atoms. The Morgan fingerprint density at radius 1 is 0.446 bits per heavy atom. The van der Waals surface area contributed by atoms with Crippen LogP contribution in [0.2, 0.25) is 0 Å². The molecule has 1 unspecified atom stereocenters. The highest BCUT2D eigenvalue weighted by atomic mass is 15.1. The SMILES string of the molecule is c1ccc(-c2ccc(-c3cc(-n4c5ccccc5c5c6c(ccc54)C(c4ccccc4)(c4cccnc4)c4ccccc4-6)nc(-c4ccccc4)n3)cc2)cc1. The zero-order valence-corrected chi connectivity index (χ0v) is 30.4. The Labute approximate surface area is 325 Å². The number of pyridine rings is 1. The molecule has 0 N–H and O–H groups in total. The Balaban J connectivity index is 1.19. The van der Waals surface area contributed by atoms with Gasteiger partial charge in [-0.05, 0) is 62.7 Å². The van der Waals surface area contributed by atoms with E-state index < -0.39 is 5.41 Å². The first kappa shape index (κ1) is 32.0. The average Bonchev–Trinajstić information content (AvgIpc) is 3.78. The summed E-state index contributed by atoms with van der Waals surface area (Å²) in [7, 11) is 0. The smallest absolute Gasteiger partial charge is 0.162 e. The number of para-hydroxylation sites is 1. The van der Waals surface area contributed by atoms with Crippen molar-refractivity contribution in [2.45, 2.75) is 5.41 Å². The highest BCUT2D eigenvalue weighted by Gasteiger charge is 2.47. The molecule has 3 heterocycles. The lowest BCUT2D eigenvalue weighted by molar-refractivity contribution is 0.763. The van der Waals surface area contributed by atoms with E-state index in [1.165, 1.54) is 49.7 Å². The molecule has 0 fully saturated rings. The van der Waals surface area contributed by atoms with Crippen LogP contribution in [0.15, 0.2) is 207 Å². The molecule has 0 radical (unpaired) electrons. The number of fused-ring (bicyclic) bond motifs is 7. The number of aromatic nitrogens is 4. The van der Waals surface area contributed by atoms with Gasteiger partial charge >= 0.3 is 0 Å². The summed E-state index contributed by atoms with van der Waals surface area (Å²) in [5.74, 6) is 1.50. The van der Waals surface area contributed by atoms with Crippen molar-refractivity contribution in [3.63, 3.8) is 0 Å². The van der Waals surface area contributed by atoms with Crippen molar-refractivity contribution in [3.05, 3.63) is 229 Å². The molecule has 1 aliphatic carbocycles. The lowest BCUT2D eigenvalue weighted by atomic mass is 9.68. The lowest BCUT2D eigenvalue weighted by Gasteiger charge is -2.33. The van der Waals surface area contributed by atoms with E-state index in [2.05, 4.69) is 179 Å².